The van der Waals surface area contributed by atoms with Gasteiger partial charge >= 0.3 is 12.1 Å². The smallest absolute Gasteiger partial charge is 0.416 e. The molecule has 1 saturated carbocycles. The fraction of sp³-hybridized carbons (Fsp3) is 0.444. The third kappa shape index (κ3) is 7.09. The van der Waals surface area contributed by atoms with Gasteiger partial charge in [-0.15, -0.1) is 0 Å². The summed E-state index contributed by atoms with van der Waals surface area (Å²) in [5.74, 6) is -1.48. The molecule has 2 amide bonds. The number of alkyl halides is 3. The minimum atomic E-state index is -4.54. The van der Waals surface area contributed by atoms with Crippen LogP contribution in [0.4, 0.5) is 13.2 Å². The molecule has 3 N–H and O–H groups in total. The number of amides is 2. The second-order valence-corrected chi connectivity index (χ2v) is 9.80. The van der Waals surface area contributed by atoms with E-state index in [1.165, 1.54) is 11.6 Å². The van der Waals surface area contributed by atoms with Crippen LogP contribution in [0.3, 0.4) is 0 Å². The Kier molecular flexibility index (Phi) is 8.16. The Bertz CT molecular complexity index is 1120. The highest BCUT2D eigenvalue weighted by Gasteiger charge is 2.35. The van der Waals surface area contributed by atoms with E-state index in [1.807, 2.05) is 24.3 Å². The normalized spacial score (nSPS) is 20.6. The first-order chi connectivity index (χ1) is 17.6. The van der Waals surface area contributed by atoms with Gasteiger partial charge in [0.15, 0.2) is 0 Å². The lowest BCUT2D eigenvalue weighted by Gasteiger charge is -2.46. The summed E-state index contributed by atoms with van der Waals surface area (Å²) < 4.78 is 38.5. The largest absolute Gasteiger partial charge is 0.481 e. The van der Waals surface area contributed by atoms with Crippen LogP contribution in [0.2, 0.25) is 0 Å². The molecule has 0 bridgehead atoms. The summed E-state index contributed by atoms with van der Waals surface area (Å²) in [7, 11) is 0. The predicted molar refractivity (Wildman–Crippen MR) is 130 cm³/mol. The summed E-state index contributed by atoms with van der Waals surface area (Å²) in [4.78, 5) is 37.6. The molecule has 0 radical (unpaired) electrons. The molecule has 37 heavy (non-hydrogen) atoms. The number of carboxylic acid groups (broad SMARTS) is 1. The lowest BCUT2D eigenvalue weighted by atomic mass is 9.80. The van der Waals surface area contributed by atoms with Crippen LogP contribution < -0.4 is 10.6 Å². The summed E-state index contributed by atoms with van der Waals surface area (Å²) in [6.45, 7) is 1.15. The topological polar surface area (TPSA) is 98.7 Å². The Morgan fingerprint density at radius 2 is 1.65 bits per heavy atom. The Balaban J connectivity index is 1.15. The lowest BCUT2D eigenvalue weighted by Crippen LogP contribution is -2.63. The second-order valence-electron chi connectivity index (χ2n) is 9.80. The molecule has 2 fully saturated rings. The zero-order chi connectivity index (χ0) is 26.6. The molecule has 1 saturated heterocycles. The van der Waals surface area contributed by atoms with Gasteiger partial charge in [0.1, 0.15) is 0 Å². The molecule has 2 aliphatic rings. The predicted octanol–water partition coefficient (Wildman–Crippen LogP) is 3.59. The number of hydrogen-bond acceptors (Lipinski definition) is 4. The molecule has 2 aromatic carbocycles. The van der Waals surface area contributed by atoms with Crippen molar-refractivity contribution in [3.63, 3.8) is 0 Å². The van der Waals surface area contributed by atoms with Gasteiger partial charge in [0.05, 0.1) is 24.6 Å². The quantitative estimate of drug-likeness (QED) is 0.497. The number of benzene rings is 2. The average molecular weight is 518 g/mol. The molecule has 2 aromatic rings. The zero-order valence-corrected chi connectivity index (χ0v) is 20.3. The summed E-state index contributed by atoms with van der Waals surface area (Å²) in [6, 6.07) is 12.4. The molecule has 1 aliphatic carbocycles. The van der Waals surface area contributed by atoms with Gasteiger partial charge in [-0.25, -0.2) is 0 Å². The van der Waals surface area contributed by atoms with Crippen molar-refractivity contribution in [2.75, 3.05) is 19.6 Å². The number of carbonyl (C=O) groups is 3. The highest BCUT2D eigenvalue weighted by Crippen LogP contribution is 2.36. The summed E-state index contributed by atoms with van der Waals surface area (Å²) >= 11 is 0. The van der Waals surface area contributed by atoms with Crippen molar-refractivity contribution in [3.8, 4) is 0 Å². The van der Waals surface area contributed by atoms with Crippen molar-refractivity contribution in [3.05, 3.63) is 70.8 Å². The first-order valence-corrected chi connectivity index (χ1v) is 12.4. The van der Waals surface area contributed by atoms with Gasteiger partial charge < -0.3 is 15.7 Å². The Morgan fingerprint density at radius 1 is 0.973 bits per heavy atom. The van der Waals surface area contributed by atoms with Crippen molar-refractivity contribution in [2.24, 2.45) is 0 Å². The molecular weight excluding hydrogens is 487 g/mol. The molecule has 0 spiro atoms. The molecule has 0 aromatic heterocycles. The molecule has 10 heteroatoms. The van der Waals surface area contributed by atoms with E-state index >= 15 is 0 Å². The van der Waals surface area contributed by atoms with Gasteiger partial charge in [-0.1, -0.05) is 30.3 Å². The van der Waals surface area contributed by atoms with Crippen molar-refractivity contribution < 1.29 is 32.7 Å². The zero-order valence-electron chi connectivity index (χ0n) is 20.3. The van der Waals surface area contributed by atoms with Gasteiger partial charge in [0.25, 0.3) is 5.91 Å². The van der Waals surface area contributed by atoms with Crippen molar-refractivity contribution in [2.45, 2.75) is 56.3 Å². The van der Waals surface area contributed by atoms with Crippen LogP contribution in [0, 0.1) is 0 Å². The van der Waals surface area contributed by atoms with Crippen LogP contribution in [0.25, 0.3) is 0 Å². The maximum Gasteiger partial charge on any atom is 0.416 e. The molecular formula is C27H30F3N3O4. The number of carboxylic acids is 1. The Morgan fingerprint density at radius 3 is 2.27 bits per heavy atom. The van der Waals surface area contributed by atoms with Crippen LogP contribution in [0.1, 0.15) is 58.6 Å². The monoisotopic (exact) mass is 517 g/mol. The second kappa shape index (κ2) is 11.3. The van der Waals surface area contributed by atoms with Crippen LogP contribution in [0.5, 0.6) is 0 Å². The van der Waals surface area contributed by atoms with Crippen molar-refractivity contribution in [1.29, 1.82) is 0 Å². The highest BCUT2D eigenvalue weighted by molar-refractivity contribution is 5.96. The summed E-state index contributed by atoms with van der Waals surface area (Å²) in [6.07, 6.45) is -0.305. The van der Waals surface area contributed by atoms with E-state index in [1.54, 1.807) is 0 Å². The molecule has 0 atom stereocenters. The number of likely N-dealkylation sites (tertiary alicyclic amines) is 1. The van der Waals surface area contributed by atoms with E-state index in [4.69, 9.17) is 5.11 Å². The van der Waals surface area contributed by atoms with E-state index in [2.05, 4.69) is 15.5 Å². The maximum absolute atomic E-state index is 12.8. The molecule has 1 heterocycles. The SMILES string of the molecule is O=C(O)Cc1ccc(C2CCC(N3CC(NC(=O)CNC(=O)c4cccc(C(F)(F)F)c4)C3)CC2)cc1. The van der Waals surface area contributed by atoms with Crippen LogP contribution in [-0.2, 0) is 22.2 Å². The number of nitrogens with zero attached hydrogens (tertiary/aromatic N) is 1. The lowest BCUT2D eigenvalue weighted by molar-refractivity contribution is -0.138. The molecule has 4 rings (SSSR count). The minimum Gasteiger partial charge on any atom is -0.481 e. The first kappa shape index (κ1) is 26.7. The third-order valence-corrected chi connectivity index (χ3v) is 7.16. The third-order valence-electron chi connectivity index (χ3n) is 7.16. The Labute approximate surface area is 213 Å². The van der Waals surface area contributed by atoms with Crippen molar-refractivity contribution >= 4 is 17.8 Å². The molecule has 7 nitrogen and oxygen atoms in total. The fourth-order valence-electron chi connectivity index (χ4n) is 5.14. The van der Waals surface area contributed by atoms with Gasteiger partial charge in [0, 0.05) is 24.7 Å². The number of carbonyl (C=O) groups excluding carboxylic acids is 2. The van der Waals surface area contributed by atoms with Gasteiger partial charge in [-0.05, 0) is 60.9 Å². The van der Waals surface area contributed by atoms with E-state index in [0.29, 0.717) is 12.0 Å². The number of rotatable bonds is 8. The number of nitrogens with one attached hydrogen (secondary N) is 2. The summed E-state index contributed by atoms with van der Waals surface area (Å²) in [5.41, 5.74) is 0.980. The molecule has 198 valence electrons. The van der Waals surface area contributed by atoms with E-state index < -0.39 is 23.6 Å². The Hall–Kier alpha value is -3.40. The first-order valence-electron chi connectivity index (χ1n) is 12.4. The van der Waals surface area contributed by atoms with Gasteiger partial charge in [-0.2, -0.15) is 13.2 Å². The molecule has 0 unspecified atom stereocenters. The number of aliphatic carboxylic acids is 1. The maximum atomic E-state index is 12.8. The van der Waals surface area contributed by atoms with Gasteiger partial charge in [-0.3, -0.25) is 19.3 Å². The fourth-order valence-corrected chi connectivity index (χ4v) is 5.14. The minimum absolute atomic E-state index is 0.0162. The number of hydrogen-bond donors (Lipinski definition) is 3. The van der Waals surface area contributed by atoms with Crippen LogP contribution in [-0.4, -0.2) is 59.5 Å². The van der Waals surface area contributed by atoms with E-state index in [0.717, 1.165) is 62.5 Å². The van der Waals surface area contributed by atoms with Crippen LogP contribution in [0.15, 0.2) is 48.5 Å². The molecule has 1 aliphatic heterocycles. The van der Waals surface area contributed by atoms with E-state index in [9.17, 15) is 27.6 Å². The van der Waals surface area contributed by atoms with Gasteiger partial charge in [0.2, 0.25) is 5.91 Å². The van der Waals surface area contributed by atoms with Crippen LogP contribution >= 0.6 is 0 Å². The summed E-state index contributed by atoms with van der Waals surface area (Å²) in [5, 5.41) is 14.2. The highest BCUT2D eigenvalue weighted by atomic mass is 19.4. The standard InChI is InChI=1S/C27H30F3N3O4/c28-27(29,30)21-3-1-2-20(13-21)26(37)31-14-24(34)32-22-15-33(16-22)23-10-8-19(9-11-23)18-6-4-17(5-7-18)12-25(35)36/h1-7,13,19,22-23H,8-12,14-16H2,(H,31,37)(H,32,34)(H,35,36). The number of halogens is 3. The van der Waals surface area contributed by atoms with Crippen molar-refractivity contribution in [1.82, 2.24) is 15.5 Å². The van der Waals surface area contributed by atoms with E-state index in [-0.39, 0.29) is 30.5 Å². The average Bonchev–Trinajstić information content (AvgIpc) is 2.84.